The van der Waals surface area contributed by atoms with E-state index in [2.05, 4.69) is 10.3 Å². The van der Waals surface area contributed by atoms with Crippen LogP contribution in [0.3, 0.4) is 0 Å². The molecule has 0 fully saturated rings. The third kappa shape index (κ3) is 2.74. The van der Waals surface area contributed by atoms with Crippen molar-refractivity contribution >= 4 is 28.2 Å². The molecular formula is C17H17N3O. The van der Waals surface area contributed by atoms with Gasteiger partial charge in [-0.15, -0.1) is 0 Å². The number of anilines is 2. The van der Waals surface area contributed by atoms with E-state index in [-0.39, 0.29) is 5.91 Å². The highest BCUT2D eigenvalue weighted by Crippen LogP contribution is 2.18. The van der Waals surface area contributed by atoms with Crippen LogP contribution in [-0.2, 0) is 0 Å². The molecule has 0 aliphatic rings. The molecule has 0 spiro atoms. The topological polar surface area (TPSA) is 48.1 Å². The number of fused-ring (bicyclic) bond motifs is 1. The molecule has 106 valence electrons. The second-order valence-electron chi connectivity index (χ2n) is 5.18. The smallest absolute Gasteiger partial charge is 0.255 e. The van der Waals surface area contributed by atoms with Gasteiger partial charge in [0, 0.05) is 42.7 Å². The van der Waals surface area contributed by atoms with Gasteiger partial charge in [0.1, 0.15) is 0 Å². The van der Waals surface area contributed by atoms with Gasteiger partial charge in [0.2, 0.25) is 0 Å². The summed E-state index contributed by atoms with van der Waals surface area (Å²) in [5.74, 6) is -0.107. The molecule has 4 heteroatoms. The van der Waals surface area contributed by atoms with Crippen LogP contribution in [-0.4, -0.2) is 25.0 Å². The fraction of sp³-hybridized carbons (Fsp3) is 0.118. The number of aromatic amines is 1. The Bertz CT molecular complexity index is 772. The summed E-state index contributed by atoms with van der Waals surface area (Å²) < 4.78 is 0. The summed E-state index contributed by atoms with van der Waals surface area (Å²) in [6, 6.07) is 15.4. The van der Waals surface area contributed by atoms with Gasteiger partial charge in [-0.25, -0.2) is 0 Å². The van der Waals surface area contributed by atoms with E-state index in [1.165, 1.54) is 0 Å². The molecular weight excluding hydrogens is 262 g/mol. The third-order valence-electron chi connectivity index (χ3n) is 3.46. The Morgan fingerprint density at radius 1 is 1.05 bits per heavy atom. The molecule has 0 saturated carbocycles. The first-order valence-electron chi connectivity index (χ1n) is 6.79. The third-order valence-corrected chi connectivity index (χ3v) is 3.46. The van der Waals surface area contributed by atoms with Gasteiger partial charge in [0.15, 0.2) is 0 Å². The van der Waals surface area contributed by atoms with E-state index in [9.17, 15) is 4.79 Å². The standard InChI is InChI=1S/C17H17N3O/c1-20(2)15-7-5-14(6-8-15)19-17(21)13-4-3-12-9-10-18-16(12)11-13/h3-11,18H,1-2H3,(H,19,21). The van der Waals surface area contributed by atoms with Crippen LogP contribution in [0, 0.1) is 0 Å². The van der Waals surface area contributed by atoms with Crippen LogP contribution in [0.15, 0.2) is 54.7 Å². The predicted molar refractivity (Wildman–Crippen MR) is 87.0 cm³/mol. The van der Waals surface area contributed by atoms with Crippen molar-refractivity contribution in [2.75, 3.05) is 24.3 Å². The molecule has 2 aromatic carbocycles. The number of nitrogens with one attached hydrogen (secondary N) is 2. The van der Waals surface area contributed by atoms with Crippen LogP contribution in [0.2, 0.25) is 0 Å². The molecule has 3 rings (SSSR count). The van der Waals surface area contributed by atoms with Crippen molar-refractivity contribution < 1.29 is 4.79 Å². The average molecular weight is 279 g/mol. The highest BCUT2D eigenvalue weighted by Gasteiger charge is 2.07. The van der Waals surface area contributed by atoms with Crippen molar-refractivity contribution in [3.63, 3.8) is 0 Å². The lowest BCUT2D eigenvalue weighted by Crippen LogP contribution is -2.12. The number of benzene rings is 2. The van der Waals surface area contributed by atoms with Crippen molar-refractivity contribution in [3.8, 4) is 0 Å². The molecule has 0 aliphatic heterocycles. The monoisotopic (exact) mass is 279 g/mol. The Kier molecular flexibility index (Phi) is 3.36. The maximum absolute atomic E-state index is 12.3. The summed E-state index contributed by atoms with van der Waals surface area (Å²) in [7, 11) is 3.97. The largest absolute Gasteiger partial charge is 0.378 e. The Morgan fingerprint density at radius 3 is 2.52 bits per heavy atom. The van der Waals surface area contributed by atoms with Crippen LogP contribution in [0.4, 0.5) is 11.4 Å². The van der Waals surface area contributed by atoms with Gasteiger partial charge < -0.3 is 15.2 Å². The van der Waals surface area contributed by atoms with Gasteiger partial charge in [0.05, 0.1) is 0 Å². The van der Waals surface area contributed by atoms with Gasteiger partial charge in [0.25, 0.3) is 5.91 Å². The quantitative estimate of drug-likeness (QED) is 0.771. The summed E-state index contributed by atoms with van der Waals surface area (Å²) in [4.78, 5) is 17.4. The Hall–Kier alpha value is -2.75. The summed E-state index contributed by atoms with van der Waals surface area (Å²) in [6.07, 6.45) is 1.87. The lowest BCUT2D eigenvalue weighted by Gasteiger charge is -2.13. The zero-order valence-corrected chi connectivity index (χ0v) is 12.1. The molecule has 0 radical (unpaired) electrons. The number of amides is 1. The summed E-state index contributed by atoms with van der Waals surface area (Å²) in [6.45, 7) is 0. The van der Waals surface area contributed by atoms with E-state index >= 15 is 0 Å². The van der Waals surface area contributed by atoms with Crippen molar-refractivity contribution in [3.05, 3.63) is 60.3 Å². The summed E-state index contributed by atoms with van der Waals surface area (Å²) in [5, 5.41) is 4.01. The molecule has 1 amide bonds. The van der Waals surface area contributed by atoms with Crippen LogP contribution in [0.5, 0.6) is 0 Å². The maximum atomic E-state index is 12.3. The predicted octanol–water partition coefficient (Wildman–Crippen LogP) is 3.49. The molecule has 4 nitrogen and oxygen atoms in total. The molecule has 0 bridgehead atoms. The van der Waals surface area contributed by atoms with E-state index in [1.807, 2.05) is 73.7 Å². The first kappa shape index (κ1) is 13.2. The molecule has 1 heterocycles. The Balaban J connectivity index is 1.78. The van der Waals surface area contributed by atoms with E-state index < -0.39 is 0 Å². The zero-order chi connectivity index (χ0) is 14.8. The van der Waals surface area contributed by atoms with E-state index in [0.717, 1.165) is 22.3 Å². The molecule has 0 unspecified atom stereocenters. The Morgan fingerprint density at radius 2 is 1.81 bits per heavy atom. The number of hydrogen-bond acceptors (Lipinski definition) is 2. The molecule has 0 saturated heterocycles. The highest BCUT2D eigenvalue weighted by molar-refractivity contribution is 6.06. The van der Waals surface area contributed by atoms with Gasteiger partial charge in [-0.05, 0) is 47.9 Å². The zero-order valence-electron chi connectivity index (χ0n) is 12.1. The van der Waals surface area contributed by atoms with Gasteiger partial charge >= 0.3 is 0 Å². The molecule has 1 aromatic heterocycles. The van der Waals surface area contributed by atoms with E-state index in [0.29, 0.717) is 5.56 Å². The van der Waals surface area contributed by atoms with Gasteiger partial charge in [-0.3, -0.25) is 4.79 Å². The minimum absolute atomic E-state index is 0.107. The number of aromatic nitrogens is 1. The van der Waals surface area contributed by atoms with Crippen LogP contribution in [0.25, 0.3) is 10.9 Å². The minimum atomic E-state index is -0.107. The van der Waals surface area contributed by atoms with Crippen LogP contribution < -0.4 is 10.2 Å². The van der Waals surface area contributed by atoms with Crippen molar-refractivity contribution in [2.24, 2.45) is 0 Å². The summed E-state index contributed by atoms with van der Waals surface area (Å²) in [5.41, 5.74) is 3.49. The van der Waals surface area contributed by atoms with Crippen molar-refractivity contribution in [2.45, 2.75) is 0 Å². The first-order chi connectivity index (χ1) is 10.1. The van der Waals surface area contributed by atoms with Crippen molar-refractivity contribution in [1.82, 2.24) is 4.98 Å². The summed E-state index contributed by atoms with van der Waals surface area (Å²) >= 11 is 0. The van der Waals surface area contributed by atoms with Crippen molar-refractivity contribution in [1.29, 1.82) is 0 Å². The minimum Gasteiger partial charge on any atom is -0.378 e. The normalized spacial score (nSPS) is 10.6. The van der Waals surface area contributed by atoms with E-state index in [1.54, 1.807) is 0 Å². The fourth-order valence-corrected chi connectivity index (χ4v) is 2.24. The van der Waals surface area contributed by atoms with Gasteiger partial charge in [-0.2, -0.15) is 0 Å². The SMILES string of the molecule is CN(C)c1ccc(NC(=O)c2ccc3cc[nH]c3c2)cc1. The number of H-pyrrole nitrogens is 1. The number of carbonyl (C=O) groups excluding carboxylic acids is 1. The highest BCUT2D eigenvalue weighted by atomic mass is 16.1. The van der Waals surface area contributed by atoms with Crippen LogP contribution >= 0.6 is 0 Å². The maximum Gasteiger partial charge on any atom is 0.255 e. The molecule has 0 aliphatic carbocycles. The molecule has 21 heavy (non-hydrogen) atoms. The molecule has 2 N–H and O–H groups in total. The lowest BCUT2D eigenvalue weighted by molar-refractivity contribution is 0.102. The Labute approximate surface area is 123 Å². The number of hydrogen-bond donors (Lipinski definition) is 2. The average Bonchev–Trinajstić information content (AvgIpc) is 2.95. The molecule has 3 aromatic rings. The lowest BCUT2D eigenvalue weighted by atomic mass is 10.1. The first-order valence-corrected chi connectivity index (χ1v) is 6.79. The number of nitrogens with zero attached hydrogens (tertiary/aromatic N) is 1. The number of carbonyl (C=O) groups is 1. The fourth-order valence-electron chi connectivity index (χ4n) is 2.24. The molecule has 0 atom stereocenters. The van der Waals surface area contributed by atoms with Gasteiger partial charge in [-0.1, -0.05) is 6.07 Å². The number of rotatable bonds is 3. The van der Waals surface area contributed by atoms with Crippen LogP contribution in [0.1, 0.15) is 10.4 Å². The second-order valence-corrected chi connectivity index (χ2v) is 5.18. The van der Waals surface area contributed by atoms with E-state index in [4.69, 9.17) is 0 Å². The second kappa shape index (κ2) is 5.32.